The Morgan fingerprint density at radius 3 is 2.54 bits per heavy atom. The highest BCUT2D eigenvalue weighted by atomic mass is 14.9. The van der Waals surface area contributed by atoms with Crippen molar-refractivity contribution in [1.82, 2.24) is 5.32 Å². The van der Waals surface area contributed by atoms with Crippen LogP contribution >= 0.6 is 0 Å². The van der Waals surface area contributed by atoms with Crippen molar-refractivity contribution in [3.8, 4) is 0 Å². The van der Waals surface area contributed by atoms with Crippen molar-refractivity contribution < 1.29 is 0 Å². The van der Waals surface area contributed by atoms with Crippen LogP contribution in [0.1, 0.15) is 45.4 Å². The highest BCUT2D eigenvalue weighted by Crippen LogP contribution is 2.25. The molecule has 0 amide bonds. The smallest absolute Gasteiger partial charge is 0.0218 e. The summed E-state index contributed by atoms with van der Waals surface area (Å²) < 4.78 is 0. The first kappa shape index (κ1) is 11.0. The maximum atomic E-state index is 5.78. The SMILES string of the molecule is CCCNC(CN)C1CCCCC1. The van der Waals surface area contributed by atoms with Crippen LogP contribution in [0.25, 0.3) is 0 Å². The Hall–Kier alpha value is -0.0800. The van der Waals surface area contributed by atoms with E-state index in [1.54, 1.807) is 0 Å². The number of nitrogens with two attached hydrogens (primary N) is 1. The van der Waals surface area contributed by atoms with Gasteiger partial charge in [0.25, 0.3) is 0 Å². The van der Waals surface area contributed by atoms with Crippen molar-refractivity contribution in [2.75, 3.05) is 13.1 Å². The Labute approximate surface area is 82.3 Å². The van der Waals surface area contributed by atoms with E-state index in [4.69, 9.17) is 5.73 Å². The fraction of sp³-hybridized carbons (Fsp3) is 1.00. The molecule has 0 saturated heterocycles. The van der Waals surface area contributed by atoms with Crippen molar-refractivity contribution in [2.24, 2.45) is 11.7 Å². The summed E-state index contributed by atoms with van der Waals surface area (Å²) in [5.41, 5.74) is 5.78. The van der Waals surface area contributed by atoms with Crippen LogP contribution in [0, 0.1) is 5.92 Å². The average molecular weight is 184 g/mol. The molecule has 13 heavy (non-hydrogen) atoms. The summed E-state index contributed by atoms with van der Waals surface area (Å²) in [4.78, 5) is 0. The van der Waals surface area contributed by atoms with Gasteiger partial charge in [-0.05, 0) is 31.7 Å². The van der Waals surface area contributed by atoms with E-state index in [9.17, 15) is 0 Å². The molecule has 3 N–H and O–H groups in total. The van der Waals surface area contributed by atoms with Gasteiger partial charge in [-0.15, -0.1) is 0 Å². The van der Waals surface area contributed by atoms with Gasteiger partial charge in [-0.2, -0.15) is 0 Å². The summed E-state index contributed by atoms with van der Waals surface area (Å²) in [5.74, 6) is 0.852. The standard InChI is InChI=1S/C11H24N2/c1-2-8-13-11(9-12)10-6-4-3-5-7-10/h10-11,13H,2-9,12H2,1H3. The molecule has 0 aromatic carbocycles. The van der Waals surface area contributed by atoms with Crippen LogP contribution in [-0.2, 0) is 0 Å². The molecule has 2 nitrogen and oxygen atoms in total. The fourth-order valence-electron chi connectivity index (χ4n) is 2.31. The van der Waals surface area contributed by atoms with Gasteiger partial charge in [-0.3, -0.25) is 0 Å². The lowest BCUT2D eigenvalue weighted by Gasteiger charge is -2.30. The summed E-state index contributed by atoms with van der Waals surface area (Å²) in [6.07, 6.45) is 8.24. The molecule has 78 valence electrons. The molecule has 0 aromatic rings. The second kappa shape index (κ2) is 6.39. The molecule has 0 heterocycles. The van der Waals surface area contributed by atoms with Gasteiger partial charge in [0.2, 0.25) is 0 Å². The quantitative estimate of drug-likeness (QED) is 0.685. The molecule has 0 radical (unpaired) electrons. The summed E-state index contributed by atoms with van der Waals surface area (Å²) in [6, 6.07) is 0.584. The van der Waals surface area contributed by atoms with Crippen molar-refractivity contribution in [2.45, 2.75) is 51.5 Å². The summed E-state index contributed by atoms with van der Waals surface area (Å²) >= 11 is 0. The third-order valence-corrected chi connectivity index (χ3v) is 3.13. The Balaban J connectivity index is 2.26. The molecule has 1 fully saturated rings. The van der Waals surface area contributed by atoms with Crippen molar-refractivity contribution >= 4 is 0 Å². The van der Waals surface area contributed by atoms with Crippen LogP contribution in [0.3, 0.4) is 0 Å². The maximum absolute atomic E-state index is 5.78. The van der Waals surface area contributed by atoms with E-state index in [2.05, 4.69) is 12.2 Å². The zero-order valence-electron chi connectivity index (χ0n) is 8.89. The Morgan fingerprint density at radius 2 is 2.00 bits per heavy atom. The molecule has 1 rings (SSSR count). The van der Waals surface area contributed by atoms with Gasteiger partial charge >= 0.3 is 0 Å². The third kappa shape index (κ3) is 3.65. The van der Waals surface area contributed by atoms with Gasteiger partial charge in [0, 0.05) is 12.6 Å². The third-order valence-electron chi connectivity index (χ3n) is 3.13. The minimum Gasteiger partial charge on any atom is -0.329 e. The van der Waals surface area contributed by atoms with Crippen molar-refractivity contribution in [3.05, 3.63) is 0 Å². The molecule has 0 bridgehead atoms. The van der Waals surface area contributed by atoms with Gasteiger partial charge in [-0.25, -0.2) is 0 Å². The second-order valence-corrected chi connectivity index (χ2v) is 4.19. The van der Waals surface area contributed by atoms with Crippen LogP contribution in [0.5, 0.6) is 0 Å². The zero-order chi connectivity index (χ0) is 9.52. The van der Waals surface area contributed by atoms with E-state index in [-0.39, 0.29) is 0 Å². The lowest BCUT2D eigenvalue weighted by molar-refractivity contribution is 0.273. The largest absolute Gasteiger partial charge is 0.329 e. The van der Waals surface area contributed by atoms with Gasteiger partial charge in [0.1, 0.15) is 0 Å². The molecule has 0 spiro atoms. The van der Waals surface area contributed by atoms with Crippen LogP contribution in [0.2, 0.25) is 0 Å². The van der Waals surface area contributed by atoms with Gasteiger partial charge in [0.05, 0.1) is 0 Å². The molecule has 1 atom stereocenters. The maximum Gasteiger partial charge on any atom is 0.0218 e. The van der Waals surface area contributed by atoms with E-state index < -0.39 is 0 Å². The Kier molecular flexibility index (Phi) is 5.40. The molecule has 0 aliphatic heterocycles. The second-order valence-electron chi connectivity index (χ2n) is 4.19. The first-order valence-electron chi connectivity index (χ1n) is 5.82. The fourth-order valence-corrected chi connectivity index (χ4v) is 2.31. The summed E-state index contributed by atoms with van der Waals surface area (Å²) in [5, 5.41) is 3.56. The molecular formula is C11H24N2. The lowest BCUT2D eigenvalue weighted by atomic mass is 9.84. The number of rotatable bonds is 5. The van der Waals surface area contributed by atoms with Gasteiger partial charge < -0.3 is 11.1 Å². The molecule has 2 heteroatoms. The molecule has 1 unspecified atom stereocenters. The van der Waals surface area contributed by atoms with Gasteiger partial charge in [-0.1, -0.05) is 26.2 Å². The van der Waals surface area contributed by atoms with E-state index in [0.29, 0.717) is 6.04 Å². The lowest BCUT2D eigenvalue weighted by Crippen LogP contribution is -2.43. The normalized spacial score (nSPS) is 21.7. The monoisotopic (exact) mass is 184 g/mol. The topological polar surface area (TPSA) is 38.0 Å². The number of hydrogen-bond donors (Lipinski definition) is 2. The van der Waals surface area contributed by atoms with Crippen LogP contribution in [-0.4, -0.2) is 19.1 Å². The predicted octanol–water partition coefficient (Wildman–Crippen LogP) is 1.89. The van der Waals surface area contributed by atoms with Crippen LogP contribution < -0.4 is 11.1 Å². The van der Waals surface area contributed by atoms with E-state index in [0.717, 1.165) is 19.0 Å². The first-order valence-corrected chi connectivity index (χ1v) is 5.82. The molecule has 0 aromatic heterocycles. The van der Waals surface area contributed by atoms with Gasteiger partial charge in [0.15, 0.2) is 0 Å². The van der Waals surface area contributed by atoms with Crippen LogP contribution in [0.15, 0.2) is 0 Å². The highest BCUT2D eigenvalue weighted by molar-refractivity contribution is 4.79. The van der Waals surface area contributed by atoms with E-state index in [1.165, 1.54) is 38.5 Å². The summed E-state index contributed by atoms with van der Waals surface area (Å²) in [6.45, 7) is 4.14. The minimum absolute atomic E-state index is 0.584. The summed E-state index contributed by atoms with van der Waals surface area (Å²) in [7, 11) is 0. The predicted molar refractivity (Wildman–Crippen MR) is 57.7 cm³/mol. The van der Waals surface area contributed by atoms with Crippen LogP contribution in [0.4, 0.5) is 0 Å². The Morgan fingerprint density at radius 1 is 1.31 bits per heavy atom. The van der Waals surface area contributed by atoms with E-state index >= 15 is 0 Å². The minimum atomic E-state index is 0.584. The average Bonchev–Trinajstić information content (AvgIpc) is 2.21. The Bertz CT molecular complexity index is 119. The highest BCUT2D eigenvalue weighted by Gasteiger charge is 2.21. The molecular weight excluding hydrogens is 160 g/mol. The molecule has 1 aliphatic carbocycles. The first-order chi connectivity index (χ1) is 6.38. The molecule has 1 saturated carbocycles. The number of hydrogen-bond acceptors (Lipinski definition) is 2. The number of nitrogens with one attached hydrogen (secondary N) is 1. The molecule has 1 aliphatic rings. The zero-order valence-corrected chi connectivity index (χ0v) is 8.89. The van der Waals surface area contributed by atoms with E-state index in [1.807, 2.05) is 0 Å². The van der Waals surface area contributed by atoms with Crippen molar-refractivity contribution in [1.29, 1.82) is 0 Å². The van der Waals surface area contributed by atoms with Crippen molar-refractivity contribution in [3.63, 3.8) is 0 Å².